The second-order valence-corrected chi connectivity index (χ2v) is 15.7. The van der Waals surface area contributed by atoms with Crippen LogP contribution >= 0.6 is 0 Å². The minimum atomic E-state index is 0.239. The van der Waals surface area contributed by atoms with Crippen LogP contribution in [0.15, 0.2) is 212 Å². The van der Waals surface area contributed by atoms with Crippen LogP contribution in [-0.2, 0) is 0 Å². The molecule has 282 valence electrons. The first-order chi connectivity index (χ1) is 29.7. The van der Waals surface area contributed by atoms with Crippen LogP contribution in [0.3, 0.4) is 0 Å². The van der Waals surface area contributed by atoms with Crippen LogP contribution < -0.4 is 4.90 Å². The van der Waals surface area contributed by atoms with E-state index in [2.05, 4.69) is 198 Å². The largest absolute Gasteiger partial charge is 0.333 e. The van der Waals surface area contributed by atoms with E-state index in [0.29, 0.717) is 5.82 Å². The van der Waals surface area contributed by atoms with Crippen molar-refractivity contribution in [2.24, 2.45) is 0 Å². The lowest BCUT2D eigenvalue weighted by Crippen LogP contribution is -2.27. The monoisotopic (exact) mass is 766 g/mol. The molecule has 1 unspecified atom stereocenters. The van der Waals surface area contributed by atoms with Gasteiger partial charge in [0.15, 0.2) is 5.82 Å². The number of para-hydroxylation sites is 2. The smallest absolute Gasteiger partial charge is 0.160 e. The Morgan fingerprint density at radius 2 is 1.07 bits per heavy atom. The van der Waals surface area contributed by atoms with E-state index >= 15 is 0 Å². The van der Waals surface area contributed by atoms with Crippen molar-refractivity contribution in [3.63, 3.8) is 0 Å². The third-order valence-corrected chi connectivity index (χ3v) is 12.3. The molecule has 0 amide bonds. The Bertz CT molecular complexity index is 3270. The average molecular weight is 767 g/mol. The molecule has 12 rings (SSSR count). The highest BCUT2D eigenvalue weighted by Gasteiger charge is 2.37. The molecule has 0 saturated carbocycles. The van der Waals surface area contributed by atoms with E-state index in [4.69, 9.17) is 9.97 Å². The van der Waals surface area contributed by atoms with Crippen molar-refractivity contribution in [3.8, 4) is 39.6 Å². The zero-order valence-corrected chi connectivity index (χ0v) is 32.8. The molecule has 60 heavy (non-hydrogen) atoms. The molecule has 8 aromatic carbocycles. The maximum absolute atomic E-state index is 5.08. The van der Waals surface area contributed by atoms with Crippen LogP contribution in [-0.4, -0.2) is 20.6 Å². The van der Waals surface area contributed by atoms with Gasteiger partial charge in [-0.15, -0.1) is 0 Å². The quantitative estimate of drug-likeness (QED) is 0.169. The fraction of sp³-hybridized carbons (Fsp3) is 0.0357. The Kier molecular flexibility index (Phi) is 7.95. The summed E-state index contributed by atoms with van der Waals surface area (Å²) < 4.78 is 2.39. The second kappa shape index (κ2) is 13.9. The van der Waals surface area contributed by atoms with Crippen molar-refractivity contribution in [3.05, 3.63) is 223 Å². The Morgan fingerprint density at radius 3 is 1.83 bits per heavy atom. The van der Waals surface area contributed by atoms with Gasteiger partial charge in [0.25, 0.3) is 0 Å². The molecule has 4 nitrogen and oxygen atoms in total. The fourth-order valence-electron chi connectivity index (χ4n) is 9.49. The maximum atomic E-state index is 5.08. The SMILES string of the molecule is C1=C(c2ccc3c(c2)c2ccccc2n3-c2ccc(-c3cc(-c4ccccc4)nc(-c4ccccc4)n3)cc2)C=C2c3c(ccc4ccccc34)N(c3ccccc3)C2C1. The number of anilines is 2. The first kappa shape index (κ1) is 34.2. The van der Waals surface area contributed by atoms with E-state index in [1.165, 1.54) is 66.2 Å². The summed E-state index contributed by atoms with van der Waals surface area (Å²) >= 11 is 0. The van der Waals surface area contributed by atoms with Crippen LogP contribution in [0.2, 0.25) is 0 Å². The Balaban J connectivity index is 0.938. The summed E-state index contributed by atoms with van der Waals surface area (Å²) in [5.41, 5.74) is 16.1. The van der Waals surface area contributed by atoms with Gasteiger partial charge in [0, 0.05) is 50.1 Å². The summed E-state index contributed by atoms with van der Waals surface area (Å²) in [4.78, 5) is 12.6. The molecule has 2 aliphatic rings. The Morgan fingerprint density at radius 1 is 0.450 bits per heavy atom. The van der Waals surface area contributed by atoms with Crippen LogP contribution in [0.1, 0.15) is 17.5 Å². The van der Waals surface area contributed by atoms with E-state index in [1.54, 1.807) is 0 Å². The van der Waals surface area contributed by atoms with Gasteiger partial charge in [-0.05, 0) is 94.6 Å². The zero-order chi connectivity index (χ0) is 39.6. The van der Waals surface area contributed by atoms with Crippen molar-refractivity contribution in [1.82, 2.24) is 14.5 Å². The fourth-order valence-corrected chi connectivity index (χ4v) is 9.49. The molecule has 4 heteroatoms. The van der Waals surface area contributed by atoms with Crippen LogP contribution in [0, 0.1) is 0 Å². The van der Waals surface area contributed by atoms with Gasteiger partial charge >= 0.3 is 0 Å². The van der Waals surface area contributed by atoms with Gasteiger partial charge in [0.1, 0.15) is 0 Å². The number of fused-ring (bicyclic) bond motifs is 8. The van der Waals surface area contributed by atoms with E-state index in [-0.39, 0.29) is 6.04 Å². The van der Waals surface area contributed by atoms with Crippen molar-refractivity contribution in [2.75, 3.05) is 4.90 Å². The van der Waals surface area contributed by atoms with Crippen molar-refractivity contribution in [1.29, 1.82) is 0 Å². The molecule has 1 atom stereocenters. The molecule has 0 saturated heterocycles. The van der Waals surface area contributed by atoms with Gasteiger partial charge in [-0.1, -0.05) is 152 Å². The number of aromatic nitrogens is 3. The minimum Gasteiger partial charge on any atom is -0.333 e. The third kappa shape index (κ3) is 5.60. The van der Waals surface area contributed by atoms with Gasteiger partial charge in [-0.2, -0.15) is 0 Å². The van der Waals surface area contributed by atoms with Gasteiger partial charge in [-0.25, -0.2) is 9.97 Å². The standard InChI is InChI=1S/C56H38N4/c1-4-15-38(16-5-1)49-36-50(58-56(57-49)40-17-6-2-7-18-40)39-24-29-44(30-25-39)59-51-23-13-12-22-46(51)47-34-41(27-31-52(47)59)42-28-32-53-48(35-42)55-45-21-11-10-14-37(45)26-33-54(55)60(53)43-19-8-3-9-20-43/h1-31,33-36,53H,32H2. The molecule has 1 aliphatic carbocycles. The minimum absolute atomic E-state index is 0.239. The summed E-state index contributed by atoms with van der Waals surface area (Å²) in [6.45, 7) is 0. The van der Waals surface area contributed by atoms with Gasteiger partial charge in [0.05, 0.1) is 28.5 Å². The lowest BCUT2D eigenvalue weighted by molar-refractivity contribution is 0.831. The molecule has 0 fully saturated rings. The number of allylic oxidation sites excluding steroid dienone is 2. The molecule has 0 radical (unpaired) electrons. The van der Waals surface area contributed by atoms with E-state index in [1.807, 2.05) is 24.3 Å². The van der Waals surface area contributed by atoms with E-state index in [9.17, 15) is 0 Å². The summed E-state index contributed by atoms with van der Waals surface area (Å²) in [5, 5.41) is 5.06. The number of nitrogens with zero attached hydrogens (tertiary/aromatic N) is 4. The van der Waals surface area contributed by atoms with Crippen LogP contribution in [0.5, 0.6) is 0 Å². The molecule has 3 heterocycles. The van der Waals surface area contributed by atoms with Crippen molar-refractivity contribution < 1.29 is 0 Å². The van der Waals surface area contributed by atoms with Gasteiger partial charge in [-0.3, -0.25) is 0 Å². The average Bonchev–Trinajstić information content (AvgIpc) is 3.85. The lowest BCUT2D eigenvalue weighted by Gasteiger charge is -2.29. The number of hydrogen-bond acceptors (Lipinski definition) is 3. The molecular weight excluding hydrogens is 729 g/mol. The van der Waals surface area contributed by atoms with Crippen molar-refractivity contribution >= 4 is 55.1 Å². The highest BCUT2D eigenvalue weighted by molar-refractivity contribution is 6.12. The first-order valence-corrected chi connectivity index (χ1v) is 20.7. The molecule has 0 N–H and O–H groups in total. The first-order valence-electron chi connectivity index (χ1n) is 20.7. The molecule has 10 aromatic rings. The summed E-state index contributed by atoms with van der Waals surface area (Å²) in [7, 11) is 0. The highest BCUT2D eigenvalue weighted by Crippen LogP contribution is 2.51. The topological polar surface area (TPSA) is 34.0 Å². The summed E-state index contributed by atoms with van der Waals surface area (Å²) in [6, 6.07) is 71.8. The van der Waals surface area contributed by atoms with E-state index in [0.717, 1.165) is 40.2 Å². The Hall–Kier alpha value is -7.82. The van der Waals surface area contributed by atoms with Crippen LogP contribution in [0.25, 0.3) is 83.3 Å². The van der Waals surface area contributed by atoms with Crippen molar-refractivity contribution in [2.45, 2.75) is 12.5 Å². The summed E-state index contributed by atoms with van der Waals surface area (Å²) in [6.07, 6.45) is 5.83. The summed E-state index contributed by atoms with van der Waals surface area (Å²) in [5.74, 6) is 0.715. The van der Waals surface area contributed by atoms with Crippen LogP contribution in [0.4, 0.5) is 11.4 Å². The molecule has 2 aromatic heterocycles. The Labute approximate surface area is 348 Å². The lowest BCUT2D eigenvalue weighted by atomic mass is 9.87. The number of benzene rings is 8. The van der Waals surface area contributed by atoms with Gasteiger partial charge in [0.2, 0.25) is 0 Å². The predicted molar refractivity (Wildman–Crippen MR) is 250 cm³/mol. The molecular formula is C56H38N4. The number of rotatable bonds is 6. The van der Waals surface area contributed by atoms with E-state index < -0.39 is 0 Å². The predicted octanol–water partition coefficient (Wildman–Crippen LogP) is 14.1. The zero-order valence-electron chi connectivity index (χ0n) is 32.8. The normalized spacial score (nSPS) is 14.6. The highest BCUT2D eigenvalue weighted by atomic mass is 15.2. The molecule has 0 spiro atoms. The molecule has 1 aliphatic heterocycles. The molecule has 0 bridgehead atoms. The number of hydrogen-bond donors (Lipinski definition) is 0. The second-order valence-electron chi connectivity index (χ2n) is 15.7. The van der Waals surface area contributed by atoms with Gasteiger partial charge < -0.3 is 9.47 Å². The third-order valence-electron chi connectivity index (χ3n) is 12.3. The maximum Gasteiger partial charge on any atom is 0.160 e.